The summed E-state index contributed by atoms with van der Waals surface area (Å²) in [4.78, 5) is 14.9. The van der Waals surface area contributed by atoms with Gasteiger partial charge in [0.15, 0.2) is 0 Å². The fourth-order valence-corrected chi connectivity index (χ4v) is 1.86. The Bertz CT molecular complexity index is 510. The zero-order valence-electron chi connectivity index (χ0n) is 9.16. The molecule has 0 bridgehead atoms. The number of carboxylic acid groups (broad SMARTS) is 1. The molecule has 2 rings (SSSR count). The van der Waals surface area contributed by atoms with Gasteiger partial charge >= 0.3 is 5.97 Å². The van der Waals surface area contributed by atoms with E-state index in [1.165, 1.54) is 11.3 Å². The van der Waals surface area contributed by atoms with Gasteiger partial charge < -0.3 is 9.84 Å². The Morgan fingerprint density at radius 1 is 1.53 bits per heavy atom. The molecule has 1 aromatic carbocycles. The molecular formula is C12H11NO3S. The van der Waals surface area contributed by atoms with Crippen LogP contribution in [-0.2, 0) is 4.79 Å². The van der Waals surface area contributed by atoms with Crippen LogP contribution in [0.1, 0.15) is 18.4 Å². The van der Waals surface area contributed by atoms with Crippen LogP contribution in [0.4, 0.5) is 0 Å². The number of thiazole rings is 1. The second-order valence-electron chi connectivity index (χ2n) is 3.53. The third-order valence-electron chi connectivity index (χ3n) is 2.34. The minimum atomic E-state index is -0.851. The van der Waals surface area contributed by atoms with Crippen molar-refractivity contribution in [1.29, 1.82) is 0 Å². The predicted octanol–water partition coefficient (Wildman–Crippen LogP) is 3.12. The summed E-state index contributed by atoms with van der Waals surface area (Å²) in [5.41, 5.74) is 0.714. The van der Waals surface area contributed by atoms with Crippen molar-refractivity contribution in [3.63, 3.8) is 0 Å². The summed E-state index contributed by atoms with van der Waals surface area (Å²) in [7, 11) is 0. The number of rotatable bonds is 4. The molecule has 1 atom stereocenters. The van der Waals surface area contributed by atoms with E-state index >= 15 is 0 Å². The molecule has 2 aromatic rings. The molecular weight excluding hydrogens is 238 g/mol. The maximum absolute atomic E-state index is 10.9. The summed E-state index contributed by atoms with van der Waals surface area (Å²) in [6.07, 6.45) is 1.66. The Balaban J connectivity index is 2.19. The van der Waals surface area contributed by atoms with E-state index in [0.717, 1.165) is 0 Å². The van der Waals surface area contributed by atoms with Crippen LogP contribution in [0.15, 0.2) is 35.8 Å². The van der Waals surface area contributed by atoms with Gasteiger partial charge in [-0.15, -0.1) is 0 Å². The molecule has 1 aromatic heterocycles. The third kappa shape index (κ3) is 2.82. The topological polar surface area (TPSA) is 59.4 Å². The highest BCUT2D eigenvalue weighted by Gasteiger charge is 2.14. The lowest BCUT2D eigenvalue weighted by atomic mass is 10.0. The standard InChI is InChI=1S/C12H11NO3S/c1-8(11(14)15)9-3-2-4-10(7-9)16-12-13-5-6-17-12/h2-8H,1H3,(H,14,15). The molecule has 0 saturated heterocycles. The minimum absolute atomic E-state index is 0.546. The number of hydrogen-bond acceptors (Lipinski definition) is 4. The molecule has 0 aliphatic rings. The maximum Gasteiger partial charge on any atom is 0.310 e. The summed E-state index contributed by atoms with van der Waals surface area (Å²) < 4.78 is 5.50. The van der Waals surface area contributed by atoms with Crippen molar-refractivity contribution in [3.8, 4) is 10.9 Å². The van der Waals surface area contributed by atoms with Gasteiger partial charge in [-0.3, -0.25) is 4.79 Å². The Morgan fingerprint density at radius 3 is 3.00 bits per heavy atom. The van der Waals surface area contributed by atoms with E-state index in [9.17, 15) is 4.79 Å². The van der Waals surface area contributed by atoms with Gasteiger partial charge in [-0.2, -0.15) is 0 Å². The van der Waals surface area contributed by atoms with Crippen LogP contribution in [0.3, 0.4) is 0 Å². The monoisotopic (exact) mass is 249 g/mol. The molecule has 88 valence electrons. The highest BCUT2D eigenvalue weighted by atomic mass is 32.1. The molecule has 1 heterocycles. The van der Waals surface area contributed by atoms with Crippen molar-refractivity contribution in [2.75, 3.05) is 0 Å². The average Bonchev–Trinajstić information content (AvgIpc) is 2.81. The van der Waals surface area contributed by atoms with Crippen molar-refractivity contribution < 1.29 is 14.6 Å². The highest BCUT2D eigenvalue weighted by Crippen LogP contribution is 2.26. The first-order chi connectivity index (χ1) is 8.16. The average molecular weight is 249 g/mol. The molecule has 0 radical (unpaired) electrons. The number of benzene rings is 1. The quantitative estimate of drug-likeness (QED) is 0.904. The summed E-state index contributed by atoms with van der Waals surface area (Å²) in [5.74, 6) is -0.795. The van der Waals surface area contributed by atoms with Gasteiger partial charge in [0.05, 0.1) is 5.92 Å². The van der Waals surface area contributed by atoms with Gasteiger partial charge in [-0.25, -0.2) is 4.98 Å². The van der Waals surface area contributed by atoms with Crippen LogP contribution < -0.4 is 4.74 Å². The first-order valence-electron chi connectivity index (χ1n) is 5.07. The van der Waals surface area contributed by atoms with Crippen LogP contribution in [0.5, 0.6) is 10.9 Å². The number of carbonyl (C=O) groups is 1. The maximum atomic E-state index is 10.9. The lowest BCUT2D eigenvalue weighted by Gasteiger charge is -2.08. The predicted molar refractivity (Wildman–Crippen MR) is 64.7 cm³/mol. The van der Waals surface area contributed by atoms with Crippen LogP contribution in [0.2, 0.25) is 0 Å². The lowest BCUT2D eigenvalue weighted by Crippen LogP contribution is -2.07. The van der Waals surface area contributed by atoms with Gasteiger partial charge in [0.1, 0.15) is 5.75 Å². The smallest absolute Gasteiger partial charge is 0.310 e. The second-order valence-corrected chi connectivity index (χ2v) is 4.39. The van der Waals surface area contributed by atoms with Crippen molar-refractivity contribution in [1.82, 2.24) is 4.98 Å². The van der Waals surface area contributed by atoms with Crippen molar-refractivity contribution in [2.24, 2.45) is 0 Å². The SMILES string of the molecule is CC(C(=O)O)c1cccc(Oc2nccs2)c1. The largest absolute Gasteiger partial charge is 0.481 e. The highest BCUT2D eigenvalue weighted by molar-refractivity contribution is 7.11. The van der Waals surface area contributed by atoms with Crippen molar-refractivity contribution in [2.45, 2.75) is 12.8 Å². The summed E-state index contributed by atoms with van der Waals surface area (Å²) in [5, 5.41) is 11.3. The van der Waals surface area contributed by atoms with E-state index in [2.05, 4.69) is 4.98 Å². The van der Waals surface area contributed by atoms with Crippen LogP contribution in [0, 0.1) is 0 Å². The van der Waals surface area contributed by atoms with Crippen molar-refractivity contribution in [3.05, 3.63) is 41.4 Å². The number of hydrogen-bond donors (Lipinski definition) is 1. The Labute approximate surface area is 103 Å². The lowest BCUT2D eigenvalue weighted by molar-refractivity contribution is -0.138. The fraction of sp³-hybridized carbons (Fsp3) is 0.167. The van der Waals surface area contributed by atoms with E-state index in [0.29, 0.717) is 16.5 Å². The molecule has 0 amide bonds. The zero-order valence-corrected chi connectivity index (χ0v) is 9.98. The Morgan fingerprint density at radius 2 is 2.35 bits per heavy atom. The molecule has 4 nitrogen and oxygen atoms in total. The van der Waals surface area contributed by atoms with Gasteiger partial charge in [-0.1, -0.05) is 23.5 Å². The fourth-order valence-electron chi connectivity index (χ4n) is 1.35. The van der Waals surface area contributed by atoms with Gasteiger partial charge in [0, 0.05) is 11.6 Å². The molecule has 0 saturated carbocycles. The Hall–Kier alpha value is -1.88. The van der Waals surface area contributed by atoms with Crippen LogP contribution in [0.25, 0.3) is 0 Å². The van der Waals surface area contributed by atoms with E-state index in [-0.39, 0.29) is 0 Å². The molecule has 0 spiro atoms. The third-order valence-corrected chi connectivity index (χ3v) is 2.99. The van der Waals surface area contributed by atoms with E-state index in [1.807, 2.05) is 5.38 Å². The normalized spacial score (nSPS) is 12.1. The van der Waals surface area contributed by atoms with Crippen molar-refractivity contribution >= 4 is 17.3 Å². The summed E-state index contributed by atoms with van der Waals surface area (Å²) in [6, 6.07) is 7.05. The summed E-state index contributed by atoms with van der Waals surface area (Å²) in [6.45, 7) is 1.64. The van der Waals surface area contributed by atoms with Crippen LogP contribution >= 0.6 is 11.3 Å². The van der Waals surface area contributed by atoms with Gasteiger partial charge in [0.2, 0.25) is 0 Å². The first-order valence-corrected chi connectivity index (χ1v) is 5.95. The van der Waals surface area contributed by atoms with Gasteiger partial charge in [0.25, 0.3) is 5.19 Å². The van der Waals surface area contributed by atoms with E-state index in [1.54, 1.807) is 37.4 Å². The number of aromatic nitrogens is 1. The number of nitrogens with zero attached hydrogens (tertiary/aromatic N) is 1. The molecule has 17 heavy (non-hydrogen) atoms. The number of aliphatic carboxylic acids is 1. The van der Waals surface area contributed by atoms with Gasteiger partial charge in [-0.05, 0) is 24.6 Å². The first kappa shape index (κ1) is 11.6. The molecule has 0 aliphatic carbocycles. The Kier molecular flexibility index (Phi) is 3.39. The number of carboxylic acids is 1. The molecule has 1 N–H and O–H groups in total. The van der Waals surface area contributed by atoms with E-state index < -0.39 is 11.9 Å². The molecule has 0 fully saturated rings. The minimum Gasteiger partial charge on any atom is -0.481 e. The van der Waals surface area contributed by atoms with E-state index in [4.69, 9.17) is 9.84 Å². The summed E-state index contributed by atoms with van der Waals surface area (Å²) >= 11 is 1.39. The zero-order chi connectivity index (χ0) is 12.3. The molecule has 5 heteroatoms. The number of ether oxygens (including phenoxy) is 1. The molecule has 1 unspecified atom stereocenters. The molecule has 0 aliphatic heterocycles. The second kappa shape index (κ2) is 4.97. The van der Waals surface area contributed by atoms with Crippen LogP contribution in [-0.4, -0.2) is 16.1 Å².